The number of benzene rings is 1. The Labute approximate surface area is 103 Å². The van der Waals surface area contributed by atoms with Crippen LogP contribution in [0.15, 0.2) is 18.2 Å². The Kier molecular flexibility index (Phi) is 3.04. The van der Waals surface area contributed by atoms with Crippen LogP contribution in [-0.4, -0.2) is 37.7 Å². The van der Waals surface area contributed by atoms with Gasteiger partial charge in [0.05, 0.1) is 13.2 Å². The standard InChI is InChI=1S/C14H20N2O/c15-13-3-1-2-11-4-5-12(14(11)13)10-16-6-8-17-9-7-16/h1-3,12H,4-10,15H2. The van der Waals surface area contributed by atoms with E-state index in [0.29, 0.717) is 5.92 Å². The molecule has 0 amide bonds. The fraction of sp³-hybridized carbons (Fsp3) is 0.571. The largest absolute Gasteiger partial charge is 0.398 e. The van der Waals surface area contributed by atoms with Crippen molar-refractivity contribution in [3.05, 3.63) is 29.3 Å². The van der Waals surface area contributed by atoms with E-state index >= 15 is 0 Å². The molecule has 2 N–H and O–H groups in total. The highest BCUT2D eigenvalue weighted by Gasteiger charge is 2.26. The summed E-state index contributed by atoms with van der Waals surface area (Å²) in [5.41, 5.74) is 9.99. The molecule has 1 aliphatic carbocycles. The molecule has 0 bridgehead atoms. The number of ether oxygens (including phenoxy) is 1. The van der Waals surface area contributed by atoms with Gasteiger partial charge in [0.15, 0.2) is 0 Å². The monoisotopic (exact) mass is 232 g/mol. The van der Waals surface area contributed by atoms with Gasteiger partial charge < -0.3 is 10.5 Å². The molecule has 92 valence electrons. The normalized spacial score (nSPS) is 24.8. The van der Waals surface area contributed by atoms with Crippen LogP contribution in [-0.2, 0) is 11.2 Å². The predicted molar refractivity (Wildman–Crippen MR) is 69.2 cm³/mol. The van der Waals surface area contributed by atoms with Crippen molar-refractivity contribution < 1.29 is 4.74 Å². The van der Waals surface area contributed by atoms with Crippen molar-refractivity contribution >= 4 is 5.69 Å². The maximum atomic E-state index is 6.12. The van der Waals surface area contributed by atoms with Crippen molar-refractivity contribution in [3.8, 4) is 0 Å². The number of nitrogen functional groups attached to an aromatic ring is 1. The Morgan fingerprint density at radius 2 is 2.12 bits per heavy atom. The van der Waals surface area contributed by atoms with Crippen molar-refractivity contribution in [2.75, 3.05) is 38.6 Å². The van der Waals surface area contributed by atoms with Crippen LogP contribution < -0.4 is 5.73 Å². The van der Waals surface area contributed by atoms with Crippen molar-refractivity contribution in [2.24, 2.45) is 0 Å². The van der Waals surface area contributed by atoms with Gasteiger partial charge in [0.1, 0.15) is 0 Å². The Morgan fingerprint density at radius 3 is 2.94 bits per heavy atom. The summed E-state index contributed by atoms with van der Waals surface area (Å²) in [4.78, 5) is 2.51. The topological polar surface area (TPSA) is 38.5 Å². The quantitative estimate of drug-likeness (QED) is 0.788. The van der Waals surface area contributed by atoms with Gasteiger partial charge in [-0.1, -0.05) is 12.1 Å². The summed E-state index contributed by atoms with van der Waals surface area (Å²) >= 11 is 0. The zero-order valence-corrected chi connectivity index (χ0v) is 10.2. The van der Waals surface area contributed by atoms with Crippen LogP contribution in [0.4, 0.5) is 5.69 Å². The minimum atomic E-state index is 0.629. The van der Waals surface area contributed by atoms with Crippen molar-refractivity contribution in [1.29, 1.82) is 0 Å². The van der Waals surface area contributed by atoms with E-state index in [4.69, 9.17) is 10.5 Å². The Hall–Kier alpha value is -1.06. The van der Waals surface area contributed by atoms with E-state index in [9.17, 15) is 0 Å². The maximum Gasteiger partial charge on any atom is 0.0594 e. The van der Waals surface area contributed by atoms with E-state index in [1.165, 1.54) is 24.0 Å². The van der Waals surface area contributed by atoms with Gasteiger partial charge in [-0.3, -0.25) is 4.90 Å². The third-order valence-corrected chi connectivity index (χ3v) is 3.98. The highest BCUT2D eigenvalue weighted by molar-refractivity contribution is 5.55. The predicted octanol–water partition coefficient (Wildman–Crippen LogP) is 1.63. The highest BCUT2D eigenvalue weighted by atomic mass is 16.5. The first-order valence-corrected chi connectivity index (χ1v) is 6.52. The molecular weight excluding hydrogens is 212 g/mol. The summed E-state index contributed by atoms with van der Waals surface area (Å²) in [6.07, 6.45) is 2.44. The van der Waals surface area contributed by atoms with E-state index in [2.05, 4.69) is 17.0 Å². The first-order valence-electron chi connectivity index (χ1n) is 6.52. The van der Waals surface area contributed by atoms with Gasteiger partial charge in [0.25, 0.3) is 0 Å². The molecule has 1 heterocycles. The molecule has 1 fully saturated rings. The zero-order valence-electron chi connectivity index (χ0n) is 10.2. The van der Waals surface area contributed by atoms with E-state index in [1.54, 1.807) is 0 Å². The number of rotatable bonds is 2. The Morgan fingerprint density at radius 1 is 1.29 bits per heavy atom. The molecule has 3 heteroatoms. The van der Waals surface area contributed by atoms with Gasteiger partial charge in [0, 0.05) is 25.3 Å². The van der Waals surface area contributed by atoms with Gasteiger partial charge in [-0.25, -0.2) is 0 Å². The minimum absolute atomic E-state index is 0.629. The number of hydrogen-bond donors (Lipinski definition) is 1. The van der Waals surface area contributed by atoms with E-state index in [-0.39, 0.29) is 0 Å². The summed E-state index contributed by atoms with van der Waals surface area (Å²) < 4.78 is 5.39. The van der Waals surface area contributed by atoms with Crippen LogP contribution in [0.2, 0.25) is 0 Å². The molecule has 0 aromatic heterocycles. The molecule has 0 saturated carbocycles. The molecule has 0 spiro atoms. The second-order valence-electron chi connectivity index (χ2n) is 5.07. The number of fused-ring (bicyclic) bond motifs is 1. The zero-order chi connectivity index (χ0) is 11.7. The number of nitrogens with two attached hydrogens (primary N) is 1. The van der Waals surface area contributed by atoms with Crippen LogP contribution in [0.1, 0.15) is 23.5 Å². The van der Waals surface area contributed by atoms with Crippen molar-refractivity contribution in [2.45, 2.75) is 18.8 Å². The highest BCUT2D eigenvalue weighted by Crippen LogP contribution is 2.37. The average molecular weight is 232 g/mol. The smallest absolute Gasteiger partial charge is 0.0594 e. The lowest BCUT2D eigenvalue weighted by atomic mass is 9.99. The molecule has 1 saturated heterocycles. The minimum Gasteiger partial charge on any atom is -0.398 e. The van der Waals surface area contributed by atoms with Crippen LogP contribution >= 0.6 is 0 Å². The lowest BCUT2D eigenvalue weighted by molar-refractivity contribution is 0.0351. The SMILES string of the molecule is Nc1cccc2c1C(CN1CCOCC1)CC2. The lowest BCUT2D eigenvalue weighted by Gasteiger charge is -2.29. The van der Waals surface area contributed by atoms with E-state index in [1.807, 2.05) is 6.07 Å². The molecule has 1 atom stereocenters. The van der Waals surface area contributed by atoms with Gasteiger partial charge in [0.2, 0.25) is 0 Å². The lowest BCUT2D eigenvalue weighted by Crippen LogP contribution is -2.38. The molecule has 1 unspecified atom stereocenters. The number of morpholine rings is 1. The molecule has 3 rings (SSSR count). The molecule has 17 heavy (non-hydrogen) atoms. The summed E-state index contributed by atoms with van der Waals surface area (Å²) in [5, 5.41) is 0. The number of nitrogens with zero attached hydrogens (tertiary/aromatic N) is 1. The number of hydrogen-bond acceptors (Lipinski definition) is 3. The molecule has 3 nitrogen and oxygen atoms in total. The van der Waals surface area contributed by atoms with Gasteiger partial charge >= 0.3 is 0 Å². The summed E-state index contributed by atoms with van der Waals surface area (Å²) in [6.45, 7) is 5.04. The van der Waals surface area contributed by atoms with Crippen molar-refractivity contribution in [1.82, 2.24) is 4.90 Å². The number of anilines is 1. The van der Waals surface area contributed by atoms with Gasteiger partial charge in [-0.15, -0.1) is 0 Å². The number of aryl methyl sites for hydroxylation is 1. The second-order valence-corrected chi connectivity index (χ2v) is 5.07. The molecule has 1 aromatic rings. The molecule has 2 aliphatic rings. The van der Waals surface area contributed by atoms with Crippen LogP contribution in [0.25, 0.3) is 0 Å². The fourth-order valence-corrected chi connectivity index (χ4v) is 3.10. The average Bonchev–Trinajstić information content (AvgIpc) is 2.75. The Balaban J connectivity index is 1.74. The molecule has 0 radical (unpaired) electrons. The van der Waals surface area contributed by atoms with Crippen LogP contribution in [0, 0.1) is 0 Å². The van der Waals surface area contributed by atoms with Crippen LogP contribution in [0.5, 0.6) is 0 Å². The summed E-state index contributed by atoms with van der Waals surface area (Å²) in [6, 6.07) is 6.34. The van der Waals surface area contributed by atoms with E-state index in [0.717, 1.165) is 38.5 Å². The summed E-state index contributed by atoms with van der Waals surface area (Å²) in [7, 11) is 0. The first-order chi connectivity index (χ1) is 8.34. The summed E-state index contributed by atoms with van der Waals surface area (Å²) in [5.74, 6) is 0.629. The Bertz CT molecular complexity index is 399. The van der Waals surface area contributed by atoms with Gasteiger partial charge in [-0.05, 0) is 36.0 Å². The molecule has 1 aromatic carbocycles. The van der Waals surface area contributed by atoms with Crippen LogP contribution in [0.3, 0.4) is 0 Å². The fourth-order valence-electron chi connectivity index (χ4n) is 3.10. The van der Waals surface area contributed by atoms with Gasteiger partial charge in [-0.2, -0.15) is 0 Å². The first kappa shape index (κ1) is 11.1. The second kappa shape index (κ2) is 4.67. The third kappa shape index (κ3) is 2.17. The van der Waals surface area contributed by atoms with E-state index < -0.39 is 0 Å². The van der Waals surface area contributed by atoms with Crippen molar-refractivity contribution in [3.63, 3.8) is 0 Å². The third-order valence-electron chi connectivity index (χ3n) is 3.98. The molecular formula is C14H20N2O. The molecule has 1 aliphatic heterocycles. The maximum absolute atomic E-state index is 6.12.